The number of carbonyl (C=O) groups excluding carboxylic acids is 1. The normalized spacial score (nSPS) is 14.5. The van der Waals surface area contributed by atoms with Crippen molar-refractivity contribution in [3.8, 4) is 17.2 Å². The van der Waals surface area contributed by atoms with E-state index < -0.39 is 16.1 Å². The molecule has 1 heterocycles. The van der Waals surface area contributed by atoms with Crippen LogP contribution in [-0.4, -0.2) is 34.5 Å². The molecular weight excluding hydrogens is 458 g/mol. The van der Waals surface area contributed by atoms with E-state index in [0.29, 0.717) is 16.9 Å². The van der Waals surface area contributed by atoms with Crippen LogP contribution in [-0.2, 0) is 19.6 Å². The van der Waals surface area contributed by atoms with Gasteiger partial charge in [0, 0.05) is 5.56 Å². The number of cyclic esters (lactones) is 1. The van der Waals surface area contributed by atoms with E-state index in [-0.39, 0.29) is 28.0 Å². The smallest absolute Gasteiger partial charge is 0.363 e. The minimum Gasteiger partial charge on any atom is -0.497 e. The van der Waals surface area contributed by atoms with Crippen LogP contribution < -0.4 is 13.7 Å². The molecule has 0 aromatic heterocycles. The van der Waals surface area contributed by atoms with Gasteiger partial charge in [0.1, 0.15) is 10.6 Å². The van der Waals surface area contributed by atoms with E-state index in [9.17, 15) is 13.2 Å². The molecule has 3 aromatic rings. The monoisotopic (exact) mass is 479 g/mol. The molecule has 0 atom stereocenters. The number of aryl methyl sites for hydroxylation is 1. The van der Waals surface area contributed by atoms with Crippen molar-refractivity contribution in [3.05, 3.63) is 89.1 Å². The first-order valence-corrected chi connectivity index (χ1v) is 11.6. The van der Waals surface area contributed by atoms with Crippen LogP contribution in [0.1, 0.15) is 16.7 Å². The van der Waals surface area contributed by atoms with Crippen LogP contribution in [0.25, 0.3) is 6.08 Å². The highest BCUT2D eigenvalue weighted by molar-refractivity contribution is 7.87. The minimum absolute atomic E-state index is 0.00147. The summed E-state index contributed by atoms with van der Waals surface area (Å²) in [4.78, 5) is 16.6. The first-order valence-electron chi connectivity index (χ1n) is 10.2. The zero-order valence-electron chi connectivity index (χ0n) is 18.6. The summed E-state index contributed by atoms with van der Waals surface area (Å²) in [7, 11) is -1.23. The lowest BCUT2D eigenvalue weighted by molar-refractivity contribution is -0.129. The van der Waals surface area contributed by atoms with Crippen molar-refractivity contribution < 1.29 is 31.6 Å². The zero-order chi connectivity index (χ0) is 24.3. The van der Waals surface area contributed by atoms with Crippen molar-refractivity contribution >= 4 is 28.1 Å². The Labute approximate surface area is 197 Å². The Balaban J connectivity index is 1.59. The molecule has 0 amide bonds. The van der Waals surface area contributed by atoms with Gasteiger partial charge in [-0.25, -0.2) is 9.79 Å². The van der Waals surface area contributed by atoms with Crippen LogP contribution in [0.15, 0.2) is 82.3 Å². The number of esters is 1. The minimum atomic E-state index is -4.10. The summed E-state index contributed by atoms with van der Waals surface area (Å²) in [5, 5.41) is 0. The molecule has 174 valence electrons. The first kappa shape index (κ1) is 23.1. The van der Waals surface area contributed by atoms with Crippen LogP contribution >= 0.6 is 0 Å². The molecule has 4 rings (SSSR count). The van der Waals surface area contributed by atoms with Crippen molar-refractivity contribution in [2.24, 2.45) is 4.99 Å². The van der Waals surface area contributed by atoms with Crippen molar-refractivity contribution in [3.63, 3.8) is 0 Å². The summed E-state index contributed by atoms with van der Waals surface area (Å²) < 4.78 is 46.3. The SMILES string of the molecule is COc1ccc(S(=O)(=O)Oc2ccc(/C=C3/N=C(c4cccc(C)c4)OC3=O)cc2OC)cc1. The van der Waals surface area contributed by atoms with E-state index in [1.165, 1.54) is 50.6 Å². The predicted molar refractivity (Wildman–Crippen MR) is 126 cm³/mol. The largest absolute Gasteiger partial charge is 0.497 e. The standard InChI is InChI=1S/C25H21NO7S/c1-16-5-4-6-18(13-16)24-26-21(25(27)32-24)14-17-7-12-22(23(15-17)31-3)33-34(28,29)20-10-8-19(30-2)9-11-20/h4-15H,1-3H3/b21-14+. The van der Waals surface area contributed by atoms with Gasteiger partial charge >= 0.3 is 16.1 Å². The maximum absolute atomic E-state index is 12.7. The molecule has 0 saturated heterocycles. The molecule has 0 aliphatic carbocycles. The quantitative estimate of drug-likeness (QED) is 0.285. The second-order valence-electron chi connectivity index (χ2n) is 7.33. The number of nitrogens with zero attached hydrogens (tertiary/aromatic N) is 1. The Morgan fingerprint density at radius 2 is 1.68 bits per heavy atom. The van der Waals surface area contributed by atoms with Crippen LogP contribution in [0.3, 0.4) is 0 Å². The second-order valence-corrected chi connectivity index (χ2v) is 8.88. The van der Waals surface area contributed by atoms with Crippen molar-refractivity contribution in [2.75, 3.05) is 14.2 Å². The van der Waals surface area contributed by atoms with Gasteiger partial charge in [-0.15, -0.1) is 0 Å². The van der Waals surface area contributed by atoms with Gasteiger partial charge in [0.05, 0.1) is 14.2 Å². The maximum atomic E-state index is 12.7. The van der Waals surface area contributed by atoms with E-state index in [1.54, 1.807) is 18.2 Å². The zero-order valence-corrected chi connectivity index (χ0v) is 19.5. The summed E-state index contributed by atoms with van der Waals surface area (Å²) in [6, 6.07) is 17.8. The Hall–Kier alpha value is -4.11. The van der Waals surface area contributed by atoms with Gasteiger partial charge in [-0.2, -0.15) is 8.42 Å². The molecule has 0 fully saturated rings. The Morgan fingerprint density at radius 3 is 2.35 bits per heavy atom. The summed E-state index contributed by atoms with van der Waals surface area (Å²) in [5.41, 5.74) is 2.37. The molecule has 1 aliphatic heterocycles. The molecule has 0 saturated carbocycles. The van der Waals surface area contributed by atoms with Crippen LogP contribution in [0.4, 0.5) is 0 Å². The second kappa shape index (κ2) is 9.40. The highest BCUT2D eigenvalue weighted by Gasteiger charge is 2.25. The molecule has 34 heavy (non-hydrogen) atoms. The first-order chi connectivity index (χ1) is 16.3. The molecule has 8 nitrogen and oxygen atoms in total. The highest BCUT2D eigenvalue weighted by Crippen LogP contribution is 2.32. The number of benzene rings is 3. The average molecular weight is 480 g/mol. The Bertz CT molecular complexity index is 1410. The average Bonchev–Trinajstić information content (AvgIpc) is 3.20. The highest BCUT2D eigenvalue weighted by atomic mass is 32.2. The van der Waals surface area contributed by atoms with E-state index in [4.69, 9.17) is 18.4 Å². The van der Waals surface area contributed by atoms with Gasteiger partial charge in [-0.3, -0.25) is 0 Å². The fourth-order valence-corrected chi connectivity index (χ4v) is 4.16. The number of hydrogen-bond donors (Lipinski definition) is 0. The lowest BCUT2D eigenvalue weighted by Crippen LogP contribution is -2.10. The van der Waals surface area contributed by atoms with E-state index in [0.717, 1.165) is 5.56 Å². The third-order valence-electron chi connectivity index (χ3n) is 4.92. The molecule has 0 spiro atoms. The fourth-order valence-electron chi connectivity index (χ4n) is 3.22. The van der Waals surface area contributed by atoms with E-state index in [2.05, 4.69) is 4.99 Å². The van der Waals surface area contributed by atoms with Crippen LogP contribution in [0.2, 0.25) is 0 Å². The summed E-state index contributed by atoms with van der Waals surface area (Å²) in [6.45, 7) is 1.93. The number of hydrogen-bond acceptors (Lipinski definition) is 8. The Kier molecular flexibility index (Phi) is 6.38. The lowest BCUT2D eigenvalue weighted by atomic mass is 10.1. The van der Waals surface area contributed by atoms with Gasteiger partial charge in [-0.05, 0) is 67.1 Å². The van der Waals surface area contributed by atoms with E-state index in [1.807, 2.05) is 25.1 Å². The number of aliphatic imine (C=N–C) groups is 1. The molecule has 3 aromatic carbocycles. The van der Waals surface area contributed by atoms with Gasteiger partial charge in [0.15, 0.2) is 17.2 Å². The lowest BCUT2D eigenvalue weighted by Gasteiger charge is -2.11. The number of methoxy groups -OCH3 is 2. The maximum Gasteiger partial charge on any atom is 0.363 e. The topological polar surface area (TPSA) is 100 Å². The van der Waals surface area contributed by atoms with Gasteiger partial charge in [-0.1, -0.05) is 23.8 Å². The summed E-state index contributed by atoms with van der Waals surface area (Å²) in [5.74, 6) is 0.321. The molecular formula is C25H21NO7S. The van der Waals surface area contributed by atoms with Crippen molar-refractivity contribution in [1.82, 2.24) is 0 Å². The summed E-state index contributed by atoms with van der Waals surface area (Å²) >= 11 is 0. The van der Waals surface area contributed by atoms with Gasteiger partial charge in [0.25, 0.3) is 0 Å². The van der Waals surface area contributed by atoms with Crippen LogP contribution in [0, 0.1) is 6.92 Å². The molecule has 0 unspecified atom stereocenters. The van der Waals surface area contributed by atoms with Crippen molar-refractivity contribution in [2.45, 2.75) is 11.8 Å². The van der Waals surface area contributed by atoms with Gasteiger partial charge < -0.3 is 18.4 Å². The third-order valence-corrected chi connectivity index (χ3v) is 6.17. The van der Waals surface area contributed by atoms with E-state index >= 15 is 0 Å². The third kappa shape index (κ3) is 4.94. The number of carbonyl (C=O) groups is 1. The van der Waals surface area contributed by atoms with Crippen molar-refractivity contribution in [1.29, 1.82) is 0 Å². The molecule has 0 radical (unpaired) electrons. The molecule has 9 heteroatoms. The van der Waals surface area contributed by atoms with Crippen LogP contribution in [0.5, 0.6) is 17.2 Å². The summed E-state index contributed by atoms with van der Waals surface area (Å²) in [6.07, 6.45) is 1.52. The molecule has 0 N–H and O–H groups in total. The number of rotatable bonds is 7. The number of ether oxygens (including phenoxy) is 3. The Morgan fingerprint density at radius 1 is 0.912 bits per heavy atom. The predicted octanol–water partition coefficient (Wildman–Crippen LogP) is 4.12. The molecule has 0 bridgehead atoms. The molecule has 1 aliphatic rings. The fraction of sp³-hybridized carbons (Fsp3) is 0.120. The van der Waals surface area contributed by atoms with Gasteiger partial charge in [0.2, 0.25) is 5.90 Å².